The second-order valence-corrected chi connectivity index (χ2v) is 5.84. The van der Waals surface area contributed by atoms with Gasteiger partial charge in [-0.3, -0.25) is 0 Å². The lowest BCUT2D eigenvalue weighted by atomic mass is 10.2. The number of hydrogen-bond donors (Lipinski definition) is 1. The van der Waals surface area contributed by atoms with Crippen LogP contribution in [-0.2, 0) is 21.3 Å². The summed E-state index contributed by atoms with van der Waals surface area (Å²) in [6.07, 6.45) is 0. The van der Waals surface area contributed by atoms with Gasteiger partial charge in [0, 0.05) is 6.54 Å². The molecular formula is C11H15NO4S. The van der Waals surface area contributed by atoms with E-state index in [2.05, 4.69) is 0 Å². The number of benzene rings is 1. The van der Waals surface area contributed by atoms with E-state index in [0.29, 0.717) is 0 Å². The molecule has 0 aliphatic carbocycles. The molecule has 0 amide bonds. The SMILES string of the molecule is O=S1(=O)COC[C@@H](CO)N1Cc1ccccc1. The highest BCUT2D eigenvalue weighted by molar-refractivity contribution is 7.88. The van der Waals surface area contributed by atoms with Gasteiger partial charge in [0.15, 0.2) is 5.94 Å². The Kier molecular flexibility index (Phi) is 3.78. The molecule has 5 nitrogen and oxygen atoms in total. The molecular weight excluding hydrogens is 242 g/mol. The minimum absolute atomic E-state index is 0.230. The fraction of sp³-hybridized carbons (Fsp3) is 0.455. The summed E-state index contributed by atoms with van der Waals surface area (Å²) in [7, 11) is -3.43. The average Bonchev–Trinajstić information content (AvgIpc) is 2.33. The molecule has 0 spiro atoms. The summed E-state index contributed by atoms with van der Waals surface area (Å²) < 4.78 is 30.0. The number of aliphatic hydroxyl groups excluding tert-OH is 1. The van der Waals surface area contributed by atoms with Crippen LogP contribution in [0, 0.1) is 0 Å². The van der Waals surface area contributed by atoms with Crippen molar-refractivity contribution in [3.05, 3.63) is 35.9 Å². The molecule has 1 aliphatic rings. The Morgan fingerprint density at radius 1 is 1.35 bits per heavy atom. The van der Waals surface area contributed by atoms with Crippen LogP contribution >= 0.6 is 0 Å². The normalized spacial score (nSPS) is 24.6. The first-order valence-electron chi connectivity index (χ1n) is 5.35. The molecule has 17 heavy (non-hydrogen) atoms. The third-order valence-corrected chi connectivity index (χ3v) is 4.31. The van der Waals surface area contributed by atoms with E-state index in [1.165, 1.54) is 4.31 Å². The number of aliphatic hydroxyl groups is 1. The lowest BCUT2D eigenvalue weighted by Crippen LogP contribution is -2.50. The Morgan fingerprint density at radius 2 is 2.06 bits per heavy atom. The highest BCUT2D eigenvalue weighted by Gasteiger charge is 2.34. The second kappa shape index (κ2) is 5.14. The second-order valence-electron chi connectivity index (χ2n) is 3.97. The van der Waals surface area contributed by atoms with Crippen LogP contribution in [0.15, 0.2) is 30.3 Å². The van der Waals surface area contributed by atoms with Crippen LogP contribution in [-0.4, -0.2) is 43.0 Å². The standard InChI is InChI=1S/C11H15NO4S/c13-7-11-8-16-9-17(14,15)12(11)6-10-4-2-1-3-5-10/h1-5,11,13H,6-9H2/t11-/m1/s1. The van der Waals surface area contributed by atoms with Crippen LogP contribution in [0.2, 0.25) is 0 Å². The topological polar surface area (TPSA) is 66.8 Å². The van der Waals surface area contributed by atoms with E-state index in [4.69, 9.17) is 4.74 Å². The predicted octanol–water partition coefficient (Wildman–Crippen LogP) is 0.167. The smallest absolute Gasteiger partial charge is 0.239 e. The van der Waals surface area contributed by atoms with Gasteiger partial charge in [0.25, 0.3) is 0 Å². The van der Waals surface area contributed by atoms with Crippen molar-refractivity contribution < 1.29 is 18.3 Å². The molecule has 1 fully saturated rings. The van der Waals surface area contributed by atoms with Gasteiger partial charge in [-0.05, 0) is 5.56 Å². The van der Waals surface area contributed by atoms with Gasteiger partial charge in [-0.1, -0.05) is 30.3 Å². The van der Waals surface area contributed by atoms with Gasteiger partial charge in [-0.25, -0.2) is 8.42 Å². The largest absolute Gasteiger partial charge is 0.395 e. The van der Waals surface area contributed by atoms with E-state index in [-0.39, 0.29) is 25.7 Å². The number of rotatable bonds is 3. The third kappa shape index (κ3) is 2.84. The first kappa shape index (κ1) is 12.5. The van der Waals surface area contributed by atoms with Gasteiger partial charge < -0.3 is 9.84 Å². The Balaban J connectivity index is 2.21. The number of nitrogens with zero attached hydrogens (tertiary/aromatic N) is 1. The van der Waals surface area contributed by atoms with Crippen LogP contribution in [0.5, 0.6) is 0 Å². The molecule has 1 aromatic carbocycles. The Hall–Kier alpha value is -0.950. The third-order valence-electron chi connectivity index (χ3n) is 2.70. The monoisotopic (exact) mass is 257 g/mol. The Bertz CT molecular complexity index is 460. The molecule has 0 saturated carbocycles. The van der Waals surface area contributed by atoms with E-state index in [9.17, 15) is 13.5 Å². The molecule has 0 aromatic heterocycles. The maximum Gasteiger partial charge on any atom is 0.239 e. The molecule has 1 N–H and O–H groups in total. The average molecular weight is 257 g/mol. The predicted molar refractivity (Wildman–Crippen MR) is 62.6 cm³/mol. The molecule has 94 valence electrons. The molecule has 1 aliphatic heterocycles. The highest BCUT2D eigenvalue weighted by Crippen LogP contribution is 2.18. The summed E-state index contributed by atoms with van der Waals surface area (Å²) >= 11 is 0. The molecule has 0 radical (unpaired) electrons. The maximum absolute atomic E-state index is 11.8. The van der Waals surface area contributed by atoms with E-state index in [0.717, 1.165) is 5.56 Å². The Morgan fingerprint density at radius 3 is 2.71 bits per heavy atom. The van der Waals surface area contributed by atoms with Crippen molar-refractivity contribution in [2.45, 2.75) is 12.6 Å². The van der Waals surface area contributed by atoms with E-state index in [1.54, 1.807) is 0 Å². The molecule has 1 atom stereocenters. The first-order valence-corrected chi connectivity index (χ1v) is 6.96. The minimum Gasteiger partial charge on any atom is -0.395 e. The fourth-order valence-corrected chi connectivity index (χ4v) is 3.17. The lowest BCUT2D eigenvalue weighted by Gasteiger charge is -2.33. The van der Waals surface area contributed by atoms with Gasteiger partial charge >= 0.3 is 0 Å². The quantitative estimate of drug-likeness (QED) is 0.838. The molecule has 1 saturated heterocycles. The number of ether oxygens (including phenoxy) is 1. The van der Waals surface area contributed by atoms with Crippen LogP contribution in [0.3, 0.4) is 0 Å². The zero-order valence-corrected chi connectivity index (χ0v) is 10.1. The zero-order chi connectivity index (χ0) is 12.3. The molecule has 0 unspecified atom stereocenters. The molecule has 6 heteroatoms. The number of sulfonamides is 1. The van der Waals surface area contributed by atoms with Crippen molar-refractivity contribution in [3.8, 4) is 0 Å². The summed E-state index contributed by atoms with van der Waals surface area (Å²) in [5.41, 5.74) is 0.899. The van der Waals surface area contributed by atoms with E-state index < -0.39 is 16.1 Å². The van der Waals surface area contributed by atoms with Gasteiger partial charge in [-0.2, -0.15) is 4.31 Å². The van der Waals surface area contributed by atoms with Crippen LogP contribution in [0.4, 0.5) is 0 Å². The van der Waals surface area contributed by atoms with Crippen LogP contribution in [0.1, 0.15) is 5.56 Å². The van der Waals surface area contributed by atoms with Crippen molar-refractivity contribution in [2.75, 3.05) is 19.2 Å². The van der Waals surface area contributed by atoms with Crippen molar-refractivity contribution in [1.82, 2.24) is 4.31 Å². The van der Waals surface area contributed by atoms with Gasteiger partial charge in [0.1, 0.15) is 0 Å². The Labute approximate surface area is 101 Å². The first-order chi connectivity index (χ1) is 8.13. The summed E-state index contributed by atoms with van der Waals surface area (Å²) in [4.78, 5) is 0. The highest BCUT2D eigenvalue weighted by atomic mass is 32.2. The van der Waals surface area contributed by atoms with E-state index in [1.807, 2.05) is 30.3 Å². The van der Waals surface area contributed by atoms with Crippen molar-refractivity contribution in [3.63, 3.8) is 0 Å². The molecule has 0 bridgehead atoms. The molecule has 2 rings (SSSR count). The summed E-state index contributed by atoms with van der Waals surface area (Å²) in [5.74, 6) is -0.309. The summed E-state index contributed by atoms with van der Waals surface area (Å²) in [5, 5.41) is 9.19. The summed E-state index contributed by atoms with van der Waals surface area (Å²) in [6.45, 7) is 0.284. The van der Waals surface area contributed by atoms with Gasteiger partial charge in [-0.15, -0.1) is 0 Å². The van der Waals surface area contributed by atoms with Crippen molar-refractivity contribution >= 4 is 10.0 Å². The van der Waals surface area contributed by atoms with Gasteiger partial charge in [0.2, 0.25) is 10.0 Å². The van der Waals surface area contributed by atoms with Crippen molar-refractivity contribution in [2.24, 2.45) is 0 Å². The van der Waals surface area contributed by atoms with E-state index >= 15 is 0 Å². The van der Waals surface area contributed by atoms with Crippen LogP contribution < -0.4 is 0 Å². The fourth-order valence-electron chi connectivity index (χ4n) is 1.80. The van der Waals surface area contributed by atoms with Crippen molar-refractivity contribution in [1.29, 1.82) is 0 Å². The zero-order valence-electron chi connectivity index (χ0n) is 9.32. The molecule has 1 heterocycles. The lowest BCUT2D eigenvalue weighted by molar-refractivity contribution is 0.0550. The van der Waals surface area contributed by atoms with Crippen LogP contribution in [0.25, 0.3) is 0 Å². The molecule has 1 aromatic rings. The van der Waals surface area contributed by atoms with Gasteiger partial charge in [0.05, 0.1) is 19.3 Å². The maximum atomic E-state index is 11.8. The minimum atomic E-state index is -3.43. The summed E-state index contributed by atoms with van der Waals surface area (Å²) in [6, 6.07) is 8.82. The number of hydrogen-bond acceptors (Lipinski definition) is 4.